The van der Waals surface area contributed by atoms with Crippen LogP contribution in [0.1, 0.15) is 36.1 Å². The molecular formula is C55H46O4. The van der Waals surface area contributed by atoms with Crippen LogP contribution in [0.3, 0.4) is 0 Å². The molecule has 1 fully saturated rings. The van der Waals surface area contributed by atoms with Gasteiger partial charge in [0, 0.05) is 0 Å². The molecule has 1 aliphatic heterocycles. The topological polar surface area (TPSA) is 58.9 Å². The zero-order valence-electron chi connectivity index (χ0n) is 33.2. The minimum atomic E-state index is -1.84. The summed E-state index contributed by atoms with van der Waals surface area (Å²) < 4.78 is 14.0. The average molecular weight is 771 g/mol. The minimum absolute atomic E-state index is 0.610. The zero-order chi connectivity index (χ0) is 40.5. The third-order valence-electron chi connectivity index (χ3n) is 11.6. The second-order valence-electron chi connectivity index (χ2n) is 15.8. The highest BCUT2D eigenvalue weighted by atomic mass is 16.8. The molecule has 0 aromatic heterocycles. The Morgan fingerprint density at radius 2 is 0.542 bits per heavy atom. The molecule has 1 aliphatic rings. The first-order valence-corrected chi connectivity index (χ1v) is 20.2. The van der Waals surface area contributed by atoms with E-state index in [-0.39, 0.29) is 0 Å². The Labute approximate surface area is 346 Å². The van der Waals surface area contributed by atoms with Crippen molar-refractivity contribution in [2.45, 2.75) is 43.0 Å². The van der Waals surface area contributed by atoms with Crippen molar-refractivity contribution in [3.05, 3.63) is 241 Å². The van der Waals surface area contributed by atoms with Gasteiger partial charge >= 0.3 is 0 Å². The van der Waals surface area contributed by atoms with Crippen molar-refractivity contribution in [3.8, 4) is 44.5 Å². The molecule has 0 amide bonds. The Morgan fingerprint density at radius 3 is 0.780 bits per heavy atom. The van der Waals surface area contributed by atoms with E-state index in [1.165, 1.54) is 0 Å². The summed E-state index contributed by atoms with van der Waals surface area (Å²) in [5.41, 5.74) is 6.60. The van der Waals surface area contributed by atoms with Gasteiger partial charge in [0.1, 0.15) is 23.4 Å². The van der Waals surface area contributed by atoms with Gasteiger partial charge in [-0.1, -0.05) is 194 Å². The van der Waals surface area contributed by atoms with Gasteiger partial charge in [-0.15, -0.1) is 0 Å². The Morgan fingerprint density at radius 1 is 0.322 bits per heavy atom. The largest absolute Gasteiger partial charge is 0.378 e. The lowest BCUT2D eigenvalue weighted by atomic mass is 9.71. The number of hydrogen-bond donors (Lipinski definition) is 2. The maximum atomic E-state index is 14.0. The molecule has 0 saturated carbocycles. The van der Waals surface area contributed by atoms with Crippen molar-refractivity contribution < 1.29 is 19.7 Å². The third-order valence-corrected chi connectivity index (χ3v) is 11.6. The van der Waals surface area contributed by atoms with E-state index >= 15 is 0 Å². The molecule has 59 heavy (non-hydrogen) atoms. The van der Waals surface area contributed by atoms with Crippen LogP contribution in [-0.4, -0.2) is 28.2 Å². The van der Waals surface area contributed by atoms with Crippen LogP contribution in [0.4, 0.5) is 0 Å². The molecule has 8 aromatic rings. The molecule has 0 radical (unpaired) electrons. The summed E-state index contributed by atoms with van der Waals surface area (Å²) in [6, 6.07) is 72.5. The lowest BCUT2D eigenvalue weighted by molar-refractivity contribution is -0.172. The predicted molar refractivity (Wildman–Crippen MR) is 237 cm³/mol. The fourth-order valence-electron chi connectivity index (χ4n) is 8.63. The minimum Gasteiger partial charge on any atom is -0.378 e. The van der Waals surface area contributed by atoms with Crippen LogP contribution in [-0.2, 0) is 20.7 Å². The van der Waals surface area contributed by atoms with E-state index in [0.29, 0.717) is 22.3 Å². The van der Waals surface area contributed by atoms with Crippen molar-refractivity contribution in [3.63, 3.8) is 0 Å². The Hall–Kier alpha value is -6.40. The van der Waals surface area contributed by atoms with Crippen molar-refractivity contribution in [2.24, 2.45) is 0 Å². The molecule has 4 heteroatoms. The summed E-state index contributed by atoms with van der Waals surface area (Å²) in [6.07, 6.45) is -2.25. The number of hydrogen-bond acceptors (Lipinski definition) is 4. The zero-order valence-corrected chi connectivity index (χ0v) is 33.2. The van der Waals surface area contributed by atoms with Crippen molar-refractivity contribution in [1.82, 2.24) is 0 Å². The van der Waals surface area contributed by atoms with Gasteiger partial charge in [-0.05, 0) is 105 Å². The van der Waals surface area contributed by atoms with Crippen LogP contribution in [0.2, 0.25) is 0 Å². The molecule has 9 rings (SSSR count). The number of rotatable bonds is 10. The number of ether oxygens (including phenoxy) is 2. The first-order valence-electron chi connectivity index (χ1n) is 20.2. The van der Waals surface area contributed by atoms with E-state index in [1.807, 2.05) is 184 Å². The van der Waals surface area contributed by atoms with Gasteiger partial charge in [0.2, 0.25) is 0 Å². The summed E-state index contributed by atoms with van der Waals surface area (Å²) in [5.74, 6) is -1.21. The molecule has 0 bridgehead atoms. The van der Waals surface area contributed by atoms with Crippen LogP contribution in [0.15, 0.2) is 218 Å². The van der Waals surface area contributed by atoms with Gasteiger partial charge in [-0.2, -0.15) is 0 Å². The summed E-state index contributed by atoms with van der Waals surface area (Å²) in [7, 11) is 0. The molecular weight excluding hydrogens is 725 g/mol. The number of benzene rings is 8. The molecule has 290 valence electrons. The molecule has 4 nitrogen and oxygen atoms in total. The quantitative estimate of drug-likeness (QED) is 0.145. The van der Waals surface area contributed by atoms with E-state index in [9.17, 15) is 10.2 Å². The Bertz CT molecular complexity index is 2320. The predicted octanol–water partition coefficient (Wildman–Crippen LogP) is 12.0. The maximum Gasteiger partial charge on any atom is 0.164 e. The molecule has 2 N–H and O–H groups in total. The lowest BCUT2D eigenvalue weighted by Crippen LogP contribution is -2.55. The highest BCUT2D eigenvalue weighted by molar-refractivity contribution is 5.69. The van der Waals surface area contributed by atoms with Crippen LogP contribution >= 0.6 is 0 Å². The average Bonchev–Trinajstić information content (AvgIpc) is 3.65. The van der Waals surface area contributed by atoms with Gasteiger partial charge in [-0.25, -0.2) is 0 Å². The first kappa shape index (κ1) is 38.1. The van der Waals surface area contributed by atoms with Crippen molar-refractivity contribution >= 4 is 0 Å². The van der Waals surface area contributed by atoms with Gasteiger partial charge in [-0.3, -0.25) is 0 Å². The Balaban J connectivity index is 1.29. The van der Waals surface area contributed by atoms with Gasteiger partial charge in [0.25, 0.3) is 0 Å². The molecule has 8 aromatic carbocycles. The van der Waals surface area contributed by atoms with Crippen molar-refractivity contribution in [2.75, 3.05) is 0 Å². The van der Waals surface area contributed by atoms with E-state index in [2.05, 4.69) is 48.5 Å². The fourth-order valence-corrected chi connectivity index (χ4v) is 8.63. The first-order chi connectivity index (χ1) is 28.7. The third kappa shape index (κ3) is 7.33. The molecule has 1 heterocycles. The summed E-state index contributed by atoms with van der Waals surface area (Å²) in [6.45, 7) is 3.70. The second kappa shape index (κ2) is 15.7. The van der Waals surface area contributed by atoms with Gasteiger partial charge in [0.05, 0.1) is 0 Å². The van der Waals surface area contributed by atoms with Gasteiger partial charge < -0.3 is 19.7 Å². The normalized spacial score (nSPS) is 16.5. The summed E-state index contributed by atoms with van der Waals surface area (Å²) >= 11 is 0. The smallest absolute Gasteiger partial charge is 0.164 e. The van der Waals surface area contributed by atoms with E-state index in [0.717, 1.165) is 44.5 Å². The highest BCUT2D eigenvalue weighted by Gasteiger charge is 2.61. The van der Waals surface area contributed by atoms with E-state index in [4.69, 9.17) is 9.47 Å². The molecule has 2 atom stereocenters. The van der Waals surface area contributed by atoms with Crippen LogP contribution in [0.5, 0.6) is 0 Å². The van der Waals surface area contributed by atoms with Gasteiger partial charge in [0.15, 0.2) is 5.79 Å². The molecule has 1 saturated heterocycles. The molecule has 0 spiro atoms. The maximum absolute atomic E-state index is 14.0. The summed E-state index contributed by atoms with van der Waals surface area (Å²) in [5, 5.41) is 28.0. The van der Waals surface area contributed by atoms with E-state index in [1.54, 1.807) is 0 Å². The van der Waals surface area contributed by atoms with Crippen LogP contribution in [0.25, 0.3) is 44.5 Å². The van der Waals surface area contributed by atoms with Crippen molar-refractivity contribution in [1.29, 1.82) is 0 Å². The number of aliphatic hydroxyl groups is 2. The molecule has 0 aliphatic carbocycles. The van der Waals surface area contributed by atoms with Crippen LogP contribution < -0.4 is 0 Å². The van der Waals surface area contributed by atoms with Crippen LogP contribution in [0, 0.1) is 0 Å². The highest BCUT2D eigenvalue weighted by Crippen LogP contribution is 2.51. The SMILES string of the molecule is CC1(C)O[C@@H](C(O)(c2cccc(-c3ccccc3)c2)c2cccc(-c3ccccc3)c2)[C@H](C(O)(c2cccc(-c3ccccc3)c2)c2cccc(-c3ccccc3)c2)O1. The Kier molecular flexibility index (Phi) is 10.2. The summed E-state index contributed by atoms with van der Waals surface area (Å²) in [4.78, 5) is 0. The molecule has 0 unspecified atom stereocenters. The van der Waals surface area contributed by atoms with E-state index < -0.39 is 29.2 Å². The monoisotopic (exact) mass is 770 g/mol. The second-order valence-corrected chi connectivity index (χ2v) is 15.8. The standard InChI is InChI=1S/C55H46O4/c1-53(2)58-51(54(56,47-31-15-27-43(35-47)39-19-7-3-8-20-39)48-32-16-28-44(36-48)40-21-9-4-10-22-40)52(59-53)55(57,49-33-17-29-45(37-49)41-23-11-5-12-24-41)50-34-18-30-46(38-50)42-25-13-6-14-26-42/h3-38,51-52,56-57H,1-2H3/t51-,52-/m1/s1. The fraction of sp³-hybridized carbons (Fsp3) is 0.127. The lowest BCUT2D eigenvalue weighted by Gasteiger charge is -2.43.